The van der Waals surface area contributed by atoms with Gasteiger partial charge >= 0.3 is 5.97 Å². The van der Waals surface area contributed by atoms with Gasteiger partial charge in [-0.15, -0.1) is 0 Å². The molecule has 134 valence electrons. The summed E-state index contributed by atoms with van der Waals surface area (Å²) in [7, 11) is 0. The summed E-state index contributed by atoms with van der Waals surface area (Å²) < 4.78 is 20.3. The molecule has 0 unspecified atom stereocenters. The van der Waals surface area contributed by atoms with E-state index >= 15 is 0 Å². The number of hydrogen-bond acceptors (Lipinski definition) is 3. The zero-order valence-electron chi connectivity index (χ0n) is 15.5. The summed E-state index contributed by atoms with van der Waals surface area (Å²) >= 11 is 0. The molecule has 0 radical (unpaired) electrons. The molecular weight excluding hydrogens is 321 g/mol. The minimum Gasteiger partial charge on any atom is -0.457 e. The van der Waals surface area contributed by atoms with Crippen molar-refractivity contribution >= 4 is 28.9 Å². The molecule has 5 heteroatoms. The molecule has 0 fully saturated rings. The van der Waals surface area contributed by atoms with Crippen LogP contribution in [0.25, 0.3) is 17.0 Å². The molecule has 0 aliphatic carbocycles. The van der Waals surface area contributed by atoms with E-state index in [0.29, 0.717) is 16.6 Å². The number of carbonyl (C=O) groups excluding carboxylic acids is 2. The second kappa shape index (κ2) is 6.47. The van der Waals surface area contributed by atoms with Crippen molar-refractivity contribution in [2.24, 2.45) is 5.41 Å². The van der Waals surface area contributed by atoms with Gasteiger partial charge in [-0.1, -0.05) is 20.8 Å². The molecule has 1 aromatic heterocycles. The van der Waals surface area contributed by atoms with Gasteiger partial charge in [0.15, 0.2) is 0 Å². The number of hydrogen-bond donors (Lipinski definition) is 0. The first-order valence-corrected chi connectivity index (χ1v) is 8.15. The predicted octanol–water partition coefficient (Wildman–Crippen LogP) is 4.82. The minimum absolute atomic E-state index is 0.141. The second-order valence-electron chi connectivity index (χ2n) is 8.03. The fourth-order valence-corrected chi connectivity index (χ4v) is 2.38. The van der Waals surface area contributed by atoms with E-state index in [0.717, 1.165) is 0 Å². The second-order valence-corrected chi connectivity index (χ2v) is 8.03. The summed E-state index contributed by atoms with van der Waals surface area (Å²) in [6, 6.07) is 5.94. The van der Waals surface area contributed by atoms with Gasteiger partial charge in [0.05, 0.1) is 5.52 Å². The molecule has 0 saturated carbocycles. The minimum atomic E-state index is -0.630. The highest BCUT2D eigenvalue weighted by Crippen LogP contribution is 2.27. The Morgan fingerprint density at radius 3 is 2.28 bits per heavy atom. The van der Waals surface area contributed by atoms with Crippen LogP contribution in [0.3, 0.4) is 0 Å². The highest BCUT2D eigenvalue weighted by molar-refractivity contribution is 5.99. The maximum atomic E-state index is 13.5. The van der Waals surface area contributed by atoms with E-state index in [2.05, 4.69) is 0 Å². The Morgan fingerprint density at radius 1 is 1.08 bits per heavy atom. The van der Waals surface area contributed by atoms with Gasteiger partial charge in [0.25, 0.3) is 0 Å². The largest absolute Gasteiger partial charge is 0.457 e. The van der Waals surface area contributed by atoms with Crippen LogP contribution in [0.2, 0.25) is 0 Å². The summed E-state index contributed by atoms with van der Waals surface area (Å²) in [6.07, 6.45) is 2.80. The smallest absolute Gasteiger partial charge is 0.331 e. The molecule has 0 aliphatic heterocycles. The Bertz CT molecular complexity index is 848. The van der Waals surface area contributed by atoms with Crippen molar-refractivity contribution in [1.29, 1.82) is 0 Å². The van der Waals surface area contributed by atoms with E-state index in [-0.39, 0.29) is 11.7 Å². The molecule has 0 saturated heterocycles. The molecule has 1 heterocycles. The quantitative estimate of drug-likeness (QED) is 0.579. The molecule has 0 N–H and O–H groups in total. The number of benzene rings is 1. The Morgan fingerprint density at radius 2 is 1.72 bits per heavy atom. The average Bonchev–Trinajstić information content (AvgIpc) is 2.78. The van der Waals surface area contributed by atoms with Gasteiger partial charge in [-0.2, -0.15) is 0 Å². The third-order valence-electron chi connectivity index (χ3n) is 3.43. The van der Waals surface area contributed by atoms with E-state index in [4.69, 9.17) is 4.74 Å². The fourth-order valence-electron chi connectivity index (χ4n) is 2.38. The summed E-state index contributed by atoms with van der Waals surface area (Å²) in [6.45, 7) is 10.8. The topological polar surface area (TPSA) is 48.3 Å². The van der Waals surface area contributed by atoms with Gasteiger partial charge in [0.1, 0.15) is 11.4 Å². The molecule has 0 bridgehead atoms. The molecule has 2 aromatic rings. The standard InChI is InChI=1S/C20H24FNO3/c1-19(2,3)18(24)22-15(8-10-17(23)25-20(4,5)6)12-13-11-14(21)7-9-16(13)22/h7-12H,1-6H3/b10-8+. The molecule has 1 aromatic carbocycles. The van der Waals surface area contributed by atoms with E-state index < -0.39 is 17.0 Å². The molecule has 0 aliphatic rings. The molecule has 0 spiro atoms. The SMILES string of the molecule is CC(C)(C)OC(=O)/C=C/c1cc2cc(F)ccc2n1C(=O)C(C)(C)C. The van der Waals surface area contributed by atoms with Crippen LogP contribution in [-0.4, -0.2) is 22.0 Å². The van der Waals surface area contributed by atoms with Crippen LogP contribution in [0, 0.1) is 11.2 Å². The van der Waals surface area contributed by atoms with Crippen molar-refractivity contribution in [3.8, 4) is 0 Å². The van der Waals surface area contributed by atoms with Gasteiger partial charge < -0.3 is 4.74 Å². The lowest BCUT2D eigenvalue weighted by Crippen LogP contribution is -2.27. The monoisotopic (exact) mass is 345 g/mol. The van der Waals surface area contributed by atoms with Crippen molar-refractivity contribution in [3.05, 3.63) is 41.9 Å². The van der Waals surface area contributed by atoms with Crippen molar-refractivity contribution < 1.29 is 18.7 Å². The third kappa shape index (κ3) is 4.56. The fraction of sp³-hybridized carbons (Fsp3) is 0.400. The van der Waals surface area contributed by atoms with Crippen LogP contribution in [-0.2, 0) is 9.53 Å². The summed E-state index contributed by atoms with van der Waals surface area (Å²) in [5.41, 5.74) is -0.121. The lowest BCUT2D eigenvalue weighted by Gasteiger charge is -2.19. The van der Waals surface area contributed by atoms with Crippen LogP contribution in [0.5, 0.6) is 0 Å². The van der Waals surface area contributed by atoms with Gasteiger partial charge in [-0.05, 0) is 51.1 Å². The maximum absolute atomic E-state index is 13.5. The first-order valence-electron chi connectivity index (χ1n) is 8.15. The molecular formula is C20H24FNO3. The van der Waals surface area contributed by atoms with Crippen LogP contribution in [0.15, 0.2) is 30.3 Å². The van der Waals surface area contributed by atoms with Crippen molar-refractivity contribution in [2.45, 2.75) is 47.1 Å². The Balaban J connectivity index is 2.52. The van der Waals surface area contributed by atoms with Gasteiger partial charge in [-0.3, -0.25) is 9.36 Å². The van der Waals surface area contributed by atoms with Crippen molar-refractivity contribution in [1.82, 2.24) is 4.57 Å². The molecule has 4 nitrogen and oxygen atoms in total. The number of halogens is 1. The molecule has 25 heavy (non-hydrogen) atoms. The lowest BCUT2D eigenvalue weighted by atomic mass is 9.95. The Labute approximate surface area is 147 Å². The normalized spacial score (nSPS) is 12.8. The van der Waals surface area contributed by atoms with Gasteiger partial charge in [0.2, 0.25) is 5.91 Å². The number of esters is 1. The number of rotatable bonds is 2. The van der Waals surface area contributed by atoms with Crippen LogP contribution >= 0.6 is 0 Å². The van der Waals surface area contributed by atoms with E-state index in [1.54, 1.807) is 32.9 Å². The zero-order valence-corrected chi connectivity index (χ0v) is 15.5. The van der Waals surface area contributed by atoms with Crippen LogP contribution in [0.4, 0.5) is 4.39 Å². The molecule has 2 rings (SSSR count). The highest BCUT2D eigenvalue weighted by atomic mass is 19.1. The van der Waals surface area contributed by atoms with Crippen molar-refractivity contribution in [2.75, 3.05) is 0 Å². The predicted molar refractivity (Wildman–Crippen MR) is 96.9 cm³/mol. The van der Waals surface area contributed by atoms with Crippen LogP contribution < -0.4 is 0 Å². The molecule has 0 atom stereocenters. The first-order chi connectivity index (χ1) is 11.4. The number of ether oxygens (including phenoxy) is 1. The van der Waals surface area contributed by atoms with E-state index in [9.17, 15) is 14.0 Å². The van der Waals surface area contributed by atoms with Gasteiger partial charge in [0, 0.05) is 22.6 Å². The van der Waals surface area contributed by atoms with Crippen molar-refractivity contribution in [3.63, 3.8) is 0 Å². The van der Waals surface area contributed by atoms with Crippen LogP contribution in [0.1, 0.15) is 52.0 Å². The van der Waals surface area contributed by atoms with Gasteiger partial charge in [-0.25, -0.2) is 9.18 Å². The number of nitrogens with zero attached hydrogens (tertiary/aromatic N) is 1. The zero-order chi connectivity index (χ0) is 19.0. The molecule has 0 amide bonds. The highest BCUT2D eigenvalue weighted by Gasteiger charge is 2.26. The van der Waals surface area contributed by atoms with E-state index in [1.807, 2.05) is 20.8 Å². The number of fused-ring (bicyclic) bond motifs is 1. The Hall–Kier alpha value is -2.43. The average molecular weight is 345 g/mol. The third-order valence-corrected chi connectivity index (χ3v) is 3.43. The summed E-state index contributed by atoms with van der Waals surface area (Å²) in [5, 5.41) is 0.599. The lowest BCUT2D eigenvalue weighted by molar-refractivity contribution is -0.148. The summed E-state index contributed by atoms with van der Waals surface area (Å²) in [5.74, 6) is -1.02. The number of aromatic nitrogens is 1. The summed E-state index contributed by atoms with van der Waals surface area (Å²) in [4.78, 5) is 24.8. The number of carbonyl (C=O) groups is 2. The first kappa shape index (κ1) is 18.9. The Kier molecular flexibility index (Phi) is 4.89. The van der Waals surface area contributed by atoms with E-state index in [1.165, 1.54) is 28.9 Å². The maximum Gasteiger partial charge on any atom is 0.331 e.